The van der Waals surface area contributed by atoms with Crippen LogP contribution < -0.4 is 5.32 Å². The molecule has 2 aromatic rings. The molecule has 3 heterocycles. The summed E-state index contributed by atoms with van der Waals surface area (Å²) in [5.74, 6) is 0.660. The molecule has 2 aromatic heterocycles. The van der Waals surface area contributed by atoms with Gasteiger partial charge in [0.2, 0.25) is 11.2 Å². The lowest BCUT2D eigenvalue weighted by Crippen LogP contribution is -2.44. The molecule has 3 rings (SSSR count). The van der Waals surface area contributed by atoms with Crippen LogP contribution in [0.3, 0.4) is 0 Å². The van der Waals surface area contributed by atoms with Crippen LogP contribution >= 0.6 is 11.6 Å². The zero-order valence-electron chi connectivity index (χ0n) is 11.5. The molecule has 110 valence electrons. The van der Waals surface area contributed by atoms with Crippen LogP contribution in [0.15, 0.2) is 31.0 Å². The molecule has 1 N–H and O–H groups in total. The van der Waals surface area contributed by atoms with Crippen molar-refractivity contribution in [2.24, 2.45) is 0 Å². The molecule has 0 aliphatic carbocycles. The van der Waals surface area contributed by atoms with E-state index in [2.05, 4.69) is 22.0 Å². The van der Waals surface area contributed by atoms with Crippen molar-refractivity contribution in [1.82, 2.24) is 19.5 Å². The highest BCUT2D eigenvalue weighted by atomic mass is 35.5. The van der Waals surface area contributed by atoms with Gasteiger partial charge in [-0.3, -0.25) is 4.79 Å². The lowest BCUT2D eigenvalue weighted by Gasteiger charge is -2.32. The normalized spacial score (nSPS) is 18.7. The second-order valence-electron chi connectivity index (χ2n) is 5.04. The number of nitrogens with one attached hydrogen (secondary N) is 1. The summed E-state index contributed by atoms with van der Waals surface area (Å²) >= 11 is 5.94. The van der Waals surface area contributed by atoms with Crippen molar-refractivity contribution < 1.29 is 4.79 Å². The van der Waals surface area contributed by atoms with Gasteiger partial charge in [-0.1, -0.05) is 6.58 Å². The lowest BCUT2D eigenvalue weighted by molar-refractivity contribution is -0.127. The molecular weight excluding hydrogens is 290 g/mol. The quantitative estimate of drug-likeness (QED) is 0.881. The Hall–Kier alpha value is -2.08. The number of hydrogen-bond acceptors (Lipinski definition) is 4. The molecule has 7 heteroatoms. The SMILES string of the molecule is C=CC(=O)N1CCCC(Nc2nc(Cl)nn3cccc23)C1. The van der Waals surface area contributed by atoms with Crippen LogP contribution in [0.4, 0.5) is 5.82 Å². The van der Waals surface area contributed by atoms with Crippen LogP contribution in [0.1, 0.15) is 12.8 Å². The van der Waals surface area contributed by atoms with Crippen LogP contribution in [0.25, 0.3) is 5.52 Å². The van der Waals surface area contributed by atoms with Crippen molar-refractivity contribution >= 4 is 28.8 Å². The van der Waals surface area contributed by atoms with Gasteiger partial charge in [-0.25, -0.2) is 4.52 Å². The number of hydrogen-bond donors (Lipinski definition) is 1. The zero-order valence-corrected chi connectivity index (χ0v) is 12.3. The first-order chi connectivity index (χ1) is 10.2. The summed E-state index contributed by atoms with van der Waals surface area (Å²) in [7, 11) is 0. The van der Waals surface area contributed by atoms with E-state index in [9.17, 15) is 4.79 Å². The van der Waals surface area contributed by atoms with Crippen LogP contribution in [0.2, 0.25) is 5.28 Å². The second-order valence-corrected chi connectivity index (χ2v) is 5.38. The van der Waals surface area contributed by atoms with E-state index in [-0.39, 0.29) is 17.2 Å². The van der Waals surface area contributed by atoms with E-state index in [0.29, 0.717) is 12.4 Å². The van der Waals surface area contributed by atoms with Crippen molar-refractivity contribution in [2.75, 3.05) is 18.4 Å². The van der Waals surface area contributed by atoms with Crippen molar-refractivity contribution in [3.63, 3.8) is 0 Å². The fourth-order valence-electron chi connectivity index (χ4n) is 2.63. The molecule has 1 aliphatic heterocycles. The van der Waals surface area contributed by atoms with Gasteiger partial charge in [-0.2, -0.15) is 4.98 Å². The fraction of sp³-hybridized carbons (Fsp3) is 0.357. The number of likely N-dealkylation sites (tertiary alicyclic amines) is 1. The minimum atomic E-state index is -0.0324. The average molecular weight is 306 g/mol. The third kappa shape index (κ3) is 2.85. The number of rotatable bonds is 3. The molecule has 1 saturated heterocycles. The van der Waals surface area contributed by atoms with Gasteiger partial charge < -0.3 is 10.2 Å². The number of nitrogens with zero attached hydrogens (tertiary/aromatic N) is 4. The van der Waals surface area contributed by atoms with Gasteiger partial charge in [0.15, 0.2) is 5.82 Å². The summed E-state index contributed by atoms with van der Waals surface area (Å²) < 4.78 is 1.69. The minimum absolute atomic E-state index is 0.0324. The van der Waals surface area contributed by atoms with Crippen molar-refractivity contribution in [3.8, 4) is 0 Å². The monoisotopic (exact) mass is 305 g/mol. The van der Waals surface area contributed by atoms with Crippen molar-refractivity contribution in [3.05, 3.63) is 36.3 Å². The first-order valence-corrected chi connectivity index (χ1v) is 7.24. The highest BCUT2D eigenvalue weighted by molar-refractivity contribution is 6.28. The van der Waals surface area contributed by atoms with E-state index >= 15 is 0 Å². The standard InChI is InChI=1S/C14H16ClN5O/c1-2-12(21)19-7-3-5-10(9-19)16-13-11-6-4-8-20(11)18-14(15)17-13/h2,4,6,8,10H,1,3,5,7,9H2,(H,16,17,18). The molecule has 1 fully saturated rings. The number of piperidine rings is 1. The summed E-state index contributed by atoms with van der Waals surface area (Å²) in [6.07, 6.45) is 5.11. The molecule has 1 atom stereocenters. The smallest absolute Gasteiger partial charge is 0.246 e. The third-order valence-corrected chi connectivity index (χ3v) is 3.77. The maximum Gasteiger partial charge on any atom is 0.246 e. The molecule has 21 heavy (non-hydrogen) atoms. The van der Waals surface area contributed by atoms with Crippen LogP contribution in [0, 0.1) is 0 Å². The number of carbonyl (C=O) groups excluding carboxylic acids is 1. The van der Waals surface area contributed by atoms with Crippen molar-refractivity contribution in [1.29, 1.82) is 0 Å². The Morgan fingerprint density at radius 3 is 3.24 bits per heavy atom. The molecule has 0 spiro atoms. The Bertz CT molecular complexity index is 683. The van der Waals surface area contributed by atoms with Gasteiger partial charge in [0, 0.05) is 25.3 Å². The summed E-state index contributed by atoms with van der Waals surface area (Å²) in [5.41, 5.74) is 0.867. The largest absolute Gasteiger partial charge is 0.364 e. The van der Waals surface area contributed by atoms with Gasteiger partial charge >= 0.3 is 0 Å². The summed E-state index contributed by atoms with van der Waals surface area (Å²) in [5, 5.41) is 7.66. The maximum absolute atomic E-state index is 11.7. The van der Waals surface area contributed by atoms with Crippen LogP contribution in [-0.4, -0.2) is 44.5 Å². The number of aromatic nitrogens is 3. The Kier molecular flexibility index (Phi) is 3.79. The predicted molar refractivity (Wildman–Crippen MR) is 81.4 cm³/mol. The van der Waals surface area contributed by atoms with E-state index < -0.39 is 0 Å². The maximum atomic E-state index is 11.7. The van der Waals surface area contributed by atoms with Gasteiger partial charge in [0.1, 0.15) is 5.52 Å². The highest BCUT2D eigenvalue weighted by Gasteiger charge is 2.23. The minimum Gasteiger partial charge on any atom is -0.364 e. The molecule has 0 bridgehead atoms. The molecule has 0 radical (unpaired) electrons. The van der Waals surface area contributed by atoms with Crippen LogP contribution in [0.5, 0.6) is 0 Å². The first kappa shape index (κ1) is 13.9. The Morgan fingerprint density at radius 1 is 1.57 bits per heavy atom. The topological polar surface area (TPSA) is 62.5 Å². The van der Waals surface area contributed by atoms with Gasteiger partial charge in [-0.05, 0) is 42.7 Å². The first-order valence-electron chi connectivity index (χ1n) is 6.86. The number of halogens is 1. The van der Waals surface area contributed by atoms with E-state index in [1.807, 2.05) is 18.3 Å². The van der Waals surface area contributed by atoms with Gasteiger partial charge in [0.05, 0.1) is 0 Å². The lowest BCUT2D eigenvalue weighted by atomic mass is 10.1. The zero-order chi connectivity index (χ0) is 14.8. The highest BCUT2D eigenvalue weighted by Crippen LogP contribution is 2.20. The molecular formula is C14H16ClN5O. The predicted octanol–water partition coefficient (Wildman–Crippen LogP) is 1.97. The molecule has 1 amide bonds. The Labute approximate surface area is 127 Å². The molecule has 6 nitrogen and oxygen atoms in total. The summed E-state index contributed by atoms with van der Waals surface area (Å²) in [6.45, 7) is 4.95. The molecule has 1 unspecified atom stereocenters. The average Bonchev–Trinajstić information content (AvgIpc) is 2.95. The fourth-order valence-corrected chi connectivity index (χ4v) is 2.80. The number of carbonyl (C=O) groups is 1. The summed E-state index contributed by atoms with van der Waals surface area (Å²) in [4.78, 5) is 17.8. The van der Waals surface area contributed by atoms with Crippen LogP contribution in [-0.2, 0) is 4.79 Å². The van der Waals surface area contributed by atoms with E-state index in [1.165, 1.54) is 6.08 Å². The number of anilines is 1. The molecule has 0 saturated carbocycles. The number of amides is 1. The Balaban J connectivity index is 1.80. The van der Waals surface area contributed by atoms with Gasteiger partial charge in [-0.15, -0.1) is 5.10 Å². The van der Waals surface area contributed by atoms with E-state index in [0.717, 1.165) is 24.9 Å². The van der Waals surface area contributed by atoms with Gasteiger partial charge in [0.25, 0.3) is 0 Å². The number of fused-ring (bicyclic) bond motifs is 1. The Morgan fingerprint density at radius 2 is 2.43 bits per heavy atom. The molecule has 0 aromatic carbocycles. The third-order valence-electron chi connectivity index (χ3n) is 3.61. The van der Waals surface area contributed by atoms with E-state index in [1.54, 1.807) is 9.42 Å². The van der Waals surface area contributed by atoms with Crippen molar-refractivity contribution in [2.45, 2.75) is 18.9 Å². The van der Waals surface area contributed by atoms with E-state index in [4.69, 9.17) is 11.6 Å². The molecule has 1 aliphatic rings. The summed E-state index contributed by atoms with van der Waals surface area (Å²) in [6, 6.07) is 3.96. The second kappa shape index (κ2) is 5.73.